The van der Waals surface area contributed by atoms with Gasteiger partial charge >= 0.3 is 7.12 Å². The first-order valence-electron chi connectivity index (χ1n) is 8.37. The van der Waals surface area contributed by atoms with Crippen LogP contribution < -0.4 is 10.2 Å². The van der Waals surface area contributed by atoms with Gasteiger partial charge in [0, 0.05) is 16.9 Å². The fourth-order valence-corrected chi connectivity index (χ4v) is 3.26. The molecule has 0 saturated carbocycles. The van der Waals surface area contributed by atoms with E-state index in [1.54, 1.807) is 12.1 Å². The highest BCUT2D eigenvalue weighted by atomic mass is 32.2. The van der Waals surface area contributed by atoms with Gasteiger partial charge in [0.1, 0.15) is 5.82 Å². The fourth-order valence-electron chi connectivity index (χ4n) is 2.53. The third-order valence-electron chi connectivity index (χ3n) is 4.78. The molecule has 25 heavy (non-hydrogen) atoms. The Morgan fingerprint density at radius 2 is 1.64 bits per heavy atom. The zero-order chi connectivity index (χ0) is 18.1. The first kappa shape index (κ1) is 18.5. The van der Waals surface area contributed by atoms with E-state index in [0.717, 1.165) is 11.4 Å². The molecule has 0 atom stereocenters. The van der Waals surface area contributed by atoms with Gasteiger partial charge in [-0.2, -0.15) is 0 Å². The normalized spacial score (nSPS) is 18.5. The molecule has 132 valence electrons. The Balaban J connectivity index is 1.69. The van der Waals surface area contributed by atoms with Crippen LogP contribution in [0.5, 0.6) is 0 Å². The van der Waals surface area contributed by atoms with Crippen LogP contribution in [-0.4, -0.2) is 18.3 Å². The molecule has 0 unspecified atom stereocenters. The second kappa shape index (κ2) is 7.12. The van der Waals surface area contributed by atoms with Crippen molar-refractivity contribution in [1.29, 1.82) is 0 Å². The molecule has 0 bridgehead atoms. The van der Waals surface area contributed by atoms with E-state index in [2.05, 4.69) is 16.9 Å². The van der Waals surface area contributed by atoms with Gasteiger partial charge in [-0.1, -0.05) is 30.3 Å². The van der Waals surface area contributed by atoms with Gasteiger partial charge in [-0.25, -0.2) is 4.39 Å². The smallest absolute Gasteiger partial charge is 0.399 e. The molecule has 1 fully saturated rings. The van der Waals surface area contributed by atoms with Crippen molar-refractivity contribution in [1.82, 2.24) is 4.72 Å². The van der Waals surface area contributed by atoms with Gasteiger partial charge in [0.15, 0.2) is 0 Å². The molecular formula is C19H23BFNO2S. The maximum atomic E-state index is 14.3. The van der Waals surface area contributed by atoms with Gasteiger partial charge in [-0.15, -0.1) is 0 Å². The van der Waals surface area contributed by atoms with Crippen LogP contribution in [0, 0.1) is 5.82 Å². The van der Waals surface area contributed by atoms with Crippen molar-refractivity contribution in [2.45, 2.75) is 50.3 Å². The number of hydrogen-bond donors (Lipinski definition) is 1. The number of hydrogen-bond acceptors (Lipinski definition) is 4. The SMILES string of the molecule is CC1(C)OB(c2cc(SNCc3ccccc3)ccc2F)OC1(C)C. The largest absolute Gasteiger partial charge is 0.497 e. The Kier molecular flexibility index (Phi) is 5.25. The lowest BCUT2D eigenvalue weighted by molar-refractivity contribution is 0.00578. The summed E-state index contributed by atoms with van der Waals surface area (Å²) in [5, 5.41) is 0. The van der Waals surface area contributed by atoms with E-state index in [1.807, 2.05) is 45.9 Å². The van der Waals surface area contributed by atoms with Crippen LogP contribution in [0.1, 0.15) is 33.3 Å². The molecule has 0 radical (unpaired) electrons. The van der Waals surface area contributed by atoms with Crippen LogP contribution in [0.25, 0.3) is 0 Å². The van der Waals surface area contributed by atoms with Crippen LogP contribution >= 0.6 is 11.9 Å². The van der Waals surface area contributed by atoms with Gasteiger partial charge in [0.05, 0.1) is 11.2 Å². The Morgan fingerprint density at radius 3 is 2.28 bits per heavy atom. The standard InChI is InChI=1S/C19H23BFNO2S/c1-18(2)19(3,4)24-20(23-18)16-12-15(10-11-17(16)21)25-22-13-14-8-6-5-7-9-14/h5-12,22H,13H2,1-4H3. The maximum absolute atomic E-state index is 14.3. The minimum atomic E-state index is -0.695. The summed E-state index contributed by atoms with van der Waals surface area (Å²) in [6.45, 7) is 8.58. The van der Waals surface area contributed by atoms with Crippen LogP contribution in [-0.2, 0) is 15.9 Å². The maximum Gasteiger partial charge on any atom is 0.497 e. The summed E-state index contributed by atoms with van der Waals surface area (Å²) in [4.78, 5) is 0.919. The Hall–Kier alpha value is -1.34. The van der Waals surface area contributed by atoms with E-state index >= 15 is 0 Å². The molecule has 3 nitrogen and oxygen atoms in total. The van der Waals surface area contributed by atoms with Crippen LogP contribution in [0.3, 0.4) is 0 Å². The van der Waals surface area contributed by atoms with E-state index in [4.69, 9.17) is 9.31 Å². The predicted molar refractivity (Wildman–Crippen MR) is 101 cm³/mol. The van der Waals surface area contributed by atoms with Gasteiger partial charge in [-0.05, 0) is 63.4 Å². The molecule has 1 heterocycles. The van der Waals surface area contributed by atoms with Crippen molar-refractivity contribution in [3.8, 4) is 0 Å². The van der Waals surface area contributed by atoms with E-state index in [0.29, 0.717) is 5.46 Å². The van der Waals surface area contributed by atoms with Gasteiger partial charge in [0.25, 0.3) is 0 Å². The van der Waals surface area contributed by atoms with E-state index in [-0.39, 0.29) is 5.82 Å². The average molecular weight is 359 g/mol. The molecule has 0 aromatic heterocycles. The van der Waals surface area contributed by atoms with Crippen molar-refractivity contribution < 1.29 is 13.7 Å². The molecule has 3 rings (SSSR count). The molecule has 2 aromatic carbocycles. The summed E-state index contributed by atoms with van der Waals surface area (Å²) >= 11 is 1.47. The van der Waals surface area contributed by atoms with E-state index in [1.165, 1.54) is 23.6 Å². The highest BCUT2D eigenvalue weighted by Gasteiger charge is 2.52. The quantitative estimate of drug-likeness (QED) is 0.648. The monoisotopic (exact) mass is 359 g/mol. The Bertz CT molecular complexity index is 723. The third-order valence-corrected chi connectivity index (χ3v) is 5.56. The summed E-state index contributed by atoms with van der Waals surface area (Å²) in [6.07, 6.45) is 0. The van der Waals surface area contributed by atoms with Crippen LogP contribution in [0.4, 0.5) is 4.39 Å². The van der Waals surface area contributed by atoms with Gasteiger partial charge in [0.2, 0.25) is 0 Å². The van der Waals surface area contributed by atoms with Crippen molar-refractivity contribution in [3.05, 3.63) is 59.9 Å². The first-order valence-corrected chi connectivity index (χ1v) is 9.19. The summed E-state index contributed by atoms with van der Waals surface area (Å²) in [5.74, 6) is -0.314. The molecule has 0 spiro atoms. The van der Waals surface area contributed by atoms with E-state index < -0.39 is 18.3 Å². The van der Waals surface area contributed by atoms with E-state index in [9.17, 15) is 4.39 Å². The zero-order valence-corrected chi connectivity index (χ0v) is 15.8. The number of benzene rings is 2. The molecule has 1 aliphatic rings. The molecule has 1 aliphatic heterocycles. The molecular weight excluding hydrogens is 336 g/mol. The Morgan fingerprint density at radius 1 is 1.00 bits per heavy atom. The second-order valence-electron chi connectivity index (χ2n) is 7.18. The van der Waals surface area contributed by atoms with Crippen molar-refractivity contribution in [3.63, 3.8) is 0 Å². The Labute approximate surface area is 153 Å². The van der Waals surface area contributed by atoms with Crippen molar-refractivity contribution in [2.24, 2.45) is 0 Å². The lowest BCUT2D eigenvalue weighted by atomic mass is 9.79. The molecule has 0 amide bonds. The fraction of sp³-hybridized carbons (Fsp3) is 0.368. The third kappa shape index (κ3) is 4.09. The summed E-state index contributed by atoms with van der Waals surface area (Å²) < 4.78 is 29.6. The van der Waals surface area contributed by atoms with Gasteiger partial charge in [-0.3, -0.25) is 4.72 Å². The lowest BCUT2D eigenvalue weighted by Crippen LogP contribution is -2.41. The van der Waals surface area contributed by atoms with Gasteiger partial charge < -0.3 is 9.31 Å². The number of halogens is 1. The first-order chi connectivity index (χ1) is 11.8. The summed E-state index contributed by atoms with van der Waals surface area (Å²) in [6, 6.07) is 15.2. The summed E-state index contributed by atoms with van der Waals surface area (Å²) in [5.41, 5.74) is 0.658. The topological polar surface area (TPSA) is 30.5 Å². The number of nitrogens with one attached hydrogen (secondary N) is 1. The molecule has 2 aromatic rings. The number of rotatable bonds is 5. The average Bonchev–Trinajstić information content (AvgIpc) is 2.78. The second-order valence-corrected chi connectivity index (χ2v) is 8.14. The molecule has 6 heteroatoms. The predicted octanol–water partition coefficient (Wildman–Crippen LogP) is 3.92. The highest BCUT2D eigenvalue weighted by molar-refractivity contribution is 7.97. The van der Waals surface area contributed by atoms with Crippen molar-refractivity contribution in [2.75, 3.05) is 0 Å². The minimum absolute atomic E-state index is 0.314. The van der Waals surface area contributed by atoms with Crippen molar-refractivity contribution >= 4 is 24.5 Å². The molecule has 1 N–H and O–H groups in total. The van der Waals surface area contributed by atoms with Crippen LogP contribution in [0.2, 0.25) is 0 Å². The molecule has 0 aliphatic carbocycles. The highest BCUT2D eigenvalue weighted by Crippen LogP contribution is 2.36. The zero-order valence-electron chi connectivity index (χ0n) is 15.0. The van der Waals surface area contributed by atoms with Crippen LogP contribution in [0.15, 0.2) is 53.4 Å². The minimum Gasteiger partial charge on any atom is -0.399 e. The summed E-state index contributed by atoms with van der Waals surface area (Å²) in [7, 11) is -0.695. The lowest BCUT2D eigenvalue weighted by Gasteiger charge is -2.32. The molecule has 1 saturated heterocycles.